The summed E-state index contributed by atoms with van der Waals surface area (Å²) >= 11 is 1.43. The molecule has 1 aromatic heterocycles. The molecule has 96 valence electrons. The van der Waals surface area contributed by atoms with E-state index in [4.69, 9.17) is 5.26 Å². The third-order valence-electron chi connectivity index (χ3n) is 3.60. The number of thioether (sulfide) groups is 1. The summed E-state index contributed by atoms with van der Waals surface area (Å²) < 4.78 is 0. The van der Waals surface area contributed by atoms with E-state index in [0.29, 0.717) is 23.0 Å². The minimum absolute atomic E-state index is 0.129. The van der Waals surface area contributed by atoms with E-state index in [1.165, 1.54) is 18.0 Å². The zero-order chi connectivity index (χ0) is 13.3. The monoisotopic (exact) mass is 264 g/mol. The largest absolute Gasteiger partial charge is 0.392 e. The van der Waals surface area contributed by atoms with Crippen molar-refractivity contribution in [2.45, 2.75) is 37.6 Å². The number of nitrogens with zero attached hydrogens (tertiary/aromatic N) is 3. The number of aliphatic hydroxyl groups is 1. The van der Waals surface area contributed by atoms with Crippen molar-refractivity contribution in [1.29, 1.82) is 5.26 Å². The smallest absolute Gasteiger partial charge is 0.189 e. The summed E-state index contributed by atoms with van der Waals surface area (Å²) in [7, 11) is 0. The molecular formula is C12H16N4OS. The molecule has 2 unspecified atom stereocenters. The molecule has 6 heteroatoms. The van der Waals surface area contributed by atoms with E-state index < -0.39 is 0 Å². The normalized spacial score (nSPS) is 25.1. The second kappa shape index (κ2) is 4.75. The predicted molar refractivity (Wildman–Crippen MR) is 70.3 cm³/mol. The van der Waals surface area contributed by atoms with E-state index in [-0.39, 0.29) is 17.6 Å². The molecule has 1 saturated carbocycles. The standard InChI is InChI=1S/C12H16N4OS/c1-12(2)8(4-9(12)17)15-10-7(5-13)6-14-11(16-10)18-3/h6,8-9,17H,4H2,1-3H3,(H,14,15,16). The van der Waals surface area contributed by atoms with Gasteiger partial charge in [-0.3, -0.25) is 0 Å². The van der Waals surface area contributed by atoms with E-state index in [0.717, 1.165) is 0 Å². The highest BCUT2D eigenvalue weighted by atomic mass is 32.2. The maximum atomic E-state index is 9.71. The molecule has 1 aliphatic carbocycles. The molecule has 0 spiro atoms. The number of rotatable bonds is 3. The van der Waals surface area contributed by atoms with Gasteiger partial charge in [-0.25, -0.2) is 9.97 Å². The van der Waals surface area contributed by atoms with Crippen molar-refractivity contribution in [3.8, 4) is 6.07 Å². The van der Waals surface area contributed by atoms with Gasteiger partial charge in [0, 0.05) is 11.5 Å². The van der Waals surface area contributed by atoms with Gasteiger partial charge in [0.05, 0.1) is 12.3 Å². The van der Waals surface area contributed by atoms with Gasteiger partial charge in [0.15, 0.2) is 5.16 Å². The molecule has 0 amide bonds. The van der Waals surface area contributed by atoms with Gasteiger partial charge in [-0.1, -0.05) is 25.6 Å². The summed E-state index contributed by atoms with van der Waals surface area (Å²) in [5, 5.41) is 22.6. The third-order valence-corrected chi connectivity index (χ3v) is 4.16. The Morgan fingerprint density at radius 1 is 1.61 bits per heavy atom. The fourth-order valence-corrected chi connectivity index (χ4v) is 2.31. The predicted octanol–water partition coefficient (Wildman–Crippen LogP) is 1.64. The molecule has 2 rings (SSSR count). The number of aromatic nitrogens is 2. The Morgan fingerprint density at radius 2 is 2.33 bits per heavy atom. The number of aliphatic hydroxyl groups excluding tert-OH is 1. The van der Waals surface area contributed by atoms with Gasteiger partial charge < -0.3 is 10.4 Å². The molecule has 0 bridgehead atoms. The van der Waals surface area contributed by atoms with Crippen LogP contribution in [0.25, 0.3) is 0 Å². The van der Waals surface area contributed by atoms with Crippen LogP contribution in [0.3, 0.4) is 0 Å². The molecule has 1 fully saturated rings. The molecule has 1 aliphatic rings. The van der Waals surface area contributed by atoms with E-state index in [1.807, 2.05) is 20.1 Å². The van der Waals surface area contributed by atoms with E-state index in [2.05, 4.69) is 21.4 Å². The lowest BCUT2D eigenvalue weighted by atomic mass is 9.64. The first-order chi connectivity index (χ1) is 8.48. The van der Waals surface area contributed by atoms with Crippen LogP contribution < -0.4 is 5.32 Å². The highest BCUT2D eigenvalue weighted by Crippen LogP contribution is 2.42. The van der Waals surface area contributed by atoms with Crippen molar-refractivity contribution >= 4 is 17.6 Å². The average molecular weight is 264 g/mol. The molecule has 18 heavy (non-hydrogen) atoms. The number of hydrogen-bond donors (Lipinski definition) is 2. The lowest BCUT2D eigenvalue weighted by molar-refractivity contribution is -0.0511. The number of anilines is 1. The number of nitriles is 1. The quantitative estimate of drug-likeness (QED) is 0.638. The Hall–Kier alpha value is -1.32. The number of hydrogen-bond acceptors (Lipinski definition) is 6. The maximum absolute atomic E-state index is 9.71. The minimum atomic E-state index is -0.303. The summed E-state index contributed by atoms with van der Waals surface area (Å²) in [5.74, 6) is 0.557. The van der Waals surface area contributed by atoms with Crippen molar-refractivity contribution in [3.05, 3.63) is 11.8 Å². The van der Waals surface area contributed by atoms with Gasteiger partial charge in [0.2, 0.25) is 0 Å². The molecule has 0 aliphatic heterocycles. The topological polar surface area (TPSA) is 81.8 Å². The van der Waals surface area contributed by atoms with E-state index >= 15 is 0 Å². The first-order valence-corrected chi connectivity index (χ1v) is 6.97. The lowest BCUT2D eigenvalue weighted by Gasteiger charge is -2.49. The van der Waals surface area contributed by atoms with Gasteiger partial charge in [0.25, 0.3) is 0 Å². The highest BCUT2D eigenvalue weighted by Gasteiger charge is 2.47. The van der Waals surface area contributed by atoms with Gasteiger partial charge >= 0.3 is 0 Å². The van der Waals surface area contributed by atoms with Crippen LogP contribution in [0.2, 0.25) is 0 Å². The van der Waals surface area contributed by atoms with E-state index in [1.54, 1.807) is 0 Å². The Kier molecular flexibility index (Phi) is 3.46. The van der Waals surface area contributed by atoms with Crippen LogP contribution in [0.15, 0.2) is 11.4 Å². The van der Waals surface area contributed by atoms with Crippen LogP contribution in [0.4, 0.5) is 5.82 Å². The Labute approximate surface area is 111 Å². The third kappa shape index (κ3) is 2.16. The average Bonchev–Trinajstić information content (AvgIpc) is 2.38. The molecule has 2 atom stereocenters. The lowest BCUT2D eigenvalue weighted by Crippen LogP contribution is -2.57. The van der Waals surface area contributed by atoms with Crippen LogP contribution in [-0.2, 0) is 0 Å². The van der Waals surface area contributed by atoms with Gasteiger partial charge in [-0.2, -0.15) is 5.26 Å². The summed E-state index contributed by atoms with van der Waals surface area (Å²) in [4.78, 5) is 8.38. The number of nitrogens with one attached hydrogen (secondary N) is 1. The van der Waals surface area contributed by atoms with Gasteiger partial charge in [-0.15, -0.1) is 0 Å². The van der Waals surface area contributed by atoms with Crippen LogP contribution in [-0.4, -0.2) is 33.5 Å². The molecule has 1 aromatic rings. The molecule has 1 heterocycles. The fraction of sp³-hybridized carbons (Fsp3) is 0.583. The van der Waals surface area contributed by atoms with Crippen LogP contribution >= 0.6 is 11.8 Å². The second-order valence-electron chi connectivity index (χ2n) is 5.00. The van der Waals surface area contributed by atoms with Crippen molar-refractivity contribution in [2.75, 3.05) is 11.6 Å². The zero-order valence-corrected chi connectivity index (χ0v) is 11.5. The Morgan fingerprint density at radius 3 is 2.83 bits per heavy atom. The van der Waals surface area contributed by atoms with Crippen LogP contribution in [0.1, 0.15) is 25.8 Å². The molecule has 0 aromatic carbocycles. The SMILES string of the molecule is CSc1ncc(C#N)c(NC2CC(O)C2(C)C)n1. The van der Waals surface area contributed by atoms with Crippen molar-refractivity contribution < 1.29 is 5.11 Å². The first kappa shape index (κ1) is 13.1. The molecule has 0 saturated heterocycles. The fourth-order valence-electron chi connectivity index (χ4n) is 1.97. The summed E-state index contributed by atoms with van der Waals surface area (Å²) in [6.07, 6.45) is 3.80. The van der Waals surface area contributed by atoms with Crippen molar-refractivity contribution in [3.63, 3.8) is 0 Å². The van der Waals surface area contributed by atoms with Crippen LogP contribution in [0, 0.1) is 16.7 Å². The highest BCUT2D eigenvalue weighted by molar-refractivity contribution is 7.98. The zero-order valence-electron chi connectivity index (χ0n) is 10.6. The van der Waals surface area contributed by atoms with Gasteiger partial charge in [-0.05, 0) is 12.7 Å². The van der Waals surface area contributed by atoms with Crippen molar-refractivity contribution in [2.24, 2.45) is 5.41 Å². The summed E-state index contributed by atoms with van der Waals surface area (Å²) in [6, 6.07) is 2.21. The molecular weight excluding hydrogens is 248 g/mol. The molecule has 2 N–H and O–H groups in total. The first-order valence-electron chi connectivity index (χ1n) is 5.74. The van der Waals surface area contributed by atoms with Crippen molar-refractivity contribution in [1.82, 2.24) is 9.97 Å². The second-order valence-corrected chi connectivity index (χ2v) is 5.77. The maximum Gasteiger partial charge on any atom is 0.189 e. The minimum Gasteiger partial charge on any atom is -0.392 e. The molecule has 0 radical (unpaired) electrons. The van der Waals surface area contributed by atoms with Gasteiger partial charge in [0.1, 0.15) is 17.5 Å². The summed E-state index contributed by atoms with van der Waals surface area (Å²) in [6.45, 7) is 4.00. The Bertz CT molecular complexity index is 497. The summed E-state index contributed by atoms with van der Waals surface area (Å²) in [5.41, 5.74) is 0.238. The molecule has 5 nitrogen and oxygen atoms in total. The van der Waals surface area contributed by atoms with E-state index in [9.17, 15) is 5.11 Å². The Balaban J connectivity index is 2.21. The van der Waals surface area contributed by atoms with Crippen LogP contribution in [0.5, 0.6) is 0 Å².